The van der Waals surface area contributed by atoms with Gasteiger partial charge < -0.3 is 0 Å². The fourth-order valence-electron chi connectivity index (χ4n) is 4.66. The molecule has 7 aromatic rings. The molecule has 38 heavy (non-hydrogen) atoms. The van der Waals surface area contributed by atoms with Crippen molar-refractivity contribution in [1.29, 1.82) is 0 Å². The third kappa shape index (κ3) is 4.04. The largest absolute Gasteiger partial charge is 0.217 e. The molecule has 0 spiro atoms. The number of benzene rings is 5. The van der Waals surface area contributed by atoms with Crippen LogP contribution in [-0.2, 0) is 0 Å². The van der Waals surface area contributed by atoms with Crippen LogP contribution < -0.4 is 0 Å². The summed E-state index contributed by atoms with van der Waals surface area (Å²) in [5.41, 5.74) is 3.81. The second kappa shape index (κ2) is 9.26. The lowest BCUT2D eigenvalue weighted by Crippen LogP contribution is -1.95. The van der Waals surface area contributed by atoms with Crippen molar-refractivity contribution in [3.8, 4) is 45.6 Å². The number of hydrogen-bond acceptors (Lipinski definition) is 6. The van der Waals surface area contributed by atoms with Crippen molar-refractivity contribution >= 4 is 21.5 Å². The molecule has 0 aliphatic carbocycles. The molecule has 178 valence electrons. The highest BCUT2D eigenvalue weighted by Gasteiger charge is 2.11. The minimum atomic E-state index is 0.646. The molecule has 2 heterocycles. The van der Waals surface area contributed by atoms with E-state index in [0.29, 0.717) is 23.3 Å². The summed E-state index contributed by atoms with van der Waals surface area (Å²) in [6, 6.07) is 36.8. The molecule has 0 radical (unpaired) electrons. The molecule has 0 aliphatic rings. The van der Waals surface area contributed by atoms with Gasteiger partial charge in [0.2, 0.25) is 0 Å². The van der Waals surface area contributed by atoms with Gasteiger partial charge >= 0.3 is 0 Å². The van der Waals surface area contributed by atoms with Crippen LogP contribution in [0.1, 0.15) is 0 Å². The molecule has 0 saturated heterocycles. The first-order chi connectivity index (χ1) is 18.8. The van der Waals surface area contributed by atoms with E-state index >= 15 is 0 Å². The SMILES string of the molecule is c1ccc(-c2ncnc(-c3ccc4c(ccc5ccc(-c6ncnc(-c7ccccc7)n6)cc54)c3)n2)cc1. The van der Waals surface area contributed by atoms with Crippen molar-refractivity contribution in [3.05, 3.63) is 122 Å². The average Bonchev–Trinajstić information content (AvgIpc) is 3.01. The van der Waals surface area contributed by atoms with Crippen molar-refractivity contribution in [3.63, 3.8) is 0 Å². The second-order valence-electron chi connectivity index (χ2n) is 8.93. The third-order valence-corrected chi connectivity index (χ3v) is 6.56. The Balaban J connectivity index is 1.30. The summed E-state index contributed by atoms with van der Waals surface area (Å²) in [6.45, 7) is 0. The monoisotopic (exact) mass is 488 g/mol. The van der Waals surface area contributed by atoms with Crippen LogP contribution in [-0.4, -0.2) is 29.9 Å². The van der Waals surface area contributed by atoms with Crippen LogP contribution in [0.4, 0.5) is 0 Å². The molecule has 0 atom stereocenters. The lowest BCUT2D eigenvalue weighted by Gasteiger charge is -2.09. The quantitative estimate of drug-likeness (QED) is 0.248. The highest BCUT2D eigenvalue weighted by molar-refractivity contribution is 6.09. The van der Waals surface area contributed by atoms with Crippen LogP contribution in [0.5, 0.6) is 0 Å². The van der Waals surface area contributed by atoms with Crippen molar-refractivity contribution in [2.24, 2.45) is 0 Å². The second-order valence-corrected chi connectivity index (χ2v) is 8.93. The molecular weight excluding hydrogens is 468 g/mol. The number of hydrogen-bond donors (Lipinski definition) is 0. The zero-order valence-corrected chi connectivity index (χ0v) is 20.2. The van der Waals surface area contributed by atoms with Gasteiger partial charge in [-0.25, -0.2) is 29.9 Å². The Morgan fingerprint density at radius 3 is 1.42 bits per heavy atom. The highest BCUT2D eigenvalue weighted by Crippen LogP contribution is 2.32. The van der Waals surface area contributed by atoms with Gasteiger partial charge in [-0.2, -0.15) is 0 Å². The minimum absolute atomic E-state index is 0.646. The zero-order valence-electron chi connectivity index (χ0n) is 20.2. The molecule has 0 saturated carbocycles. The number of nitrogens with zero attached hydrogens (tertiary/aromatic N) is 6. The van der Waals surface area contributed by atoms with E-state index in [1.807, 2.05) is 60.7 Å². The highest BCUT2D eigenvalue weighted by atomic mass is 15.0. The van der Waals surface area contributed by atoms with E-state index < -0.39 is 0 Å². The Bertz CT molecular complexity index is 1920. The molecule has 0 bridgehead atoms. The predicted molar refractivity (Wildman–Crippen MR) is 150 cm³/mol. The molecule has 0 N–H and O–H groups in total. The third-order valence-electron chi connectivity index (χ3n) is 6.56. The number of aromatic nitrogens is 6. The van der Waals surface area contributed by atoms with Crippen molar-refractivity contribution in [2.75, 3.05) is 0 Å². The Kier molecular flexibility index (Phi) is 5.33. The molecule has 5 aromatic carbocycles. The van der Waals surface area contributed by atoms with Gasteiger partial charge in [0.15, 0.2) is 23.3 Å². The van der Waals surface area contributed by atoms with Crippen LogP contribution >= 0.6 is 0 Å². The summed E-state index contributed by atoms with van der Waals surface area (Å²) < 4.78 is 0. The molecule has 0 unspecified atom stereocenters. The van der Waals surface area contributed by atoms with Gasteiger partial charge in [0.1, 0.15) is 12.7 Å². The van der Waals surface area contributed by atoms with E-state index in [0.717, 1.165) is 43.8 Å². The van der Waals surface area contributed by atoms with E-state index in [4.69, 9.17) is 9.97 Å². The fraction of sp³-hybridized carbons (Fsp3) is 0. The topological polar surface area (TPSA) is 77.3 Å². The molecule has 0 fully saturated rings. The van der Waals surface area contributed by atoms with Crippen molar-refractivity contribution in [1.82, 2.24) is 29.9 Å². The summed E-state index contributed by atoms with van der Waals surface area (Å²) in [4.78, 5) is 27.1. The fourth-order valence-corrected chi connectivity index (χ4v) is 4.66. The number of rotatable bonds is 4. The summed E-state index contributed by atoms with van der Waals surface area (Å²) in [7, 11) is 0. The van der Waals surface area contributed by atoms with Gasteiger partial charge in [0.25, 0.3) is 0 Å². The molecule has 0 aliphatic heterocycles. The van der Waals surface area contributed by atoms with Crippen LogP contribution in [0.2, 0.25) is 0 Å². The molecule has 6 heteroatoms. The molecule has 2 aromatic heterocycles. The average molecular weight is 489 g/mol. The molecule has 7 rings (SSSR count). The van der Waals surface area contributed by atoms with Crippen LogP contribution in [0.25, 0.3) is 67.1 Å². The van der Waals surface area contributed by atoms with Crippen LogP contribution in [0, 0.1) is 0 Å². The molecule has 0 amide bonds. The van der Waals surface area contributed by atoms with Crippen molar-refractivity contribution in [2.45, 2.75) is 0 Å². The van der Waals surface area contributed by atoms with E-state index in [-0.39, 0.29) is 0 Å². The van der Waals surface area contributed by atoms with Gasteiger partial charge in [-0.15, -0.1) is 0 Å². The van der Waals surface area contributed by atoms with Crippen molar-refractivity contribution < 1.29 is 0 Å². The number of fused-ring (bicyclic) bond motifs is 3. The van der Waals surface area contributed by atoms with Gasteiger partial charge in [-0.05, 0) is 33.7 Å². The maximum Gasteiger partial charge on any atom is 0.163 e. The maximum absolute atomic E-state index is 4.74. The zero-order chi connectivity index (χ0) is 25.3. The van der Waals surface area contributed by atoms with E-state index in [9.17, 15) is 0 Å². The van der Waals surface area contributed by atoms with E-state index in [2.05, 4.69) is 68.5 Å². The Hall–Kier alpha value is -5.36. The van der Waals surface area contributed by atoms with Gasteiger partial charge in [0.05, 0.1) is 0 Å². The maximum atomic E-state index is 4.74. The summed E-state index contributed by atoms with van der Waals surface area (Å²) in [6.07, 6.45) is 3.14. The van der Waals surface area contributed by atoms with Crippen LogP contribution in [0.3, 0.4) is 0 Å². The Morgan fingerprint density at radius 2 is 0.816 bits per heavy atom. The van der Waals surface area contributed by atoms with Gasteiger partial charge in [-0.1, -0.05) is 97.1 Å². The van der Waals surface area contributed by atoms with Gasteiger partial charge in [-0.3, -0.25) is 0 Å². The summed E-state index contributed by atoms with van der Waals surface area (Å²) >= 11 is 0. The normalized spacial score (nSPS) is 11.2. The lowest BCUT2D eigenvalue weighted by atomic mass is 9.98. The smallest absolute Gasteiger partial charge is 0.163 e. The summed E-state index contributed by atoms with van der Waals surface area (Å²) in [5, 5.41) is 4.53. The van der Waals surface area contributed by atoms with E-state index in [1.54, 1.807) is 12.7 Å². The Morgan fingerprint density at radius 1 is 0.342 bits per heavy atom. The first-order valence-electron chi connectivity index (χ1n) is 12.3. The predicted octanol–water partition coefficient (Wildman–Crippen LogP) is 7.03. The first-order valence-corrected chi connectivity index (χ1v) is 12.3. The standard InChI is InChI=1S/C32H20N6/c1-3-7-22(8-4-1)29-33-19-35-31(37-29)25-15-16-27-24(17-25)13-11-21-12-14-26(18-28(21)27)32-36-20-34-30(38-32)23-9-5-2-6-10-23/h1-20H. The van der Waals surface area contributed by atoms with E-state index in [1.165, 1.54) is 0 Å². The van der Waals surface area contributed by atoms with Crippen LogP contribution in [0.15, 0.2) is 122 Å². The first kappa shape index (κ1) is 21.9. The summed E-state index contributed by atoms with van der Waals surface area (Å²) in [5.74, 6) is 2.61. The lowest BCUT2D eigenvalue weighted by molar-refractivity contribution is 1.07. The van der Waals surface area contributed by atoms with Gasteiger partial charge in [0, 0.05) is 22.3 Å². The minimum Gasteiger partial charge on any atom is -0.217 e. The molecular formula is C32H20N6. The molecule has 6 nitrogen and oxygen atoms in total. The Labute approximate surface area is 218 Å².